The van der Waals surface area contributed by atoms with Gasteiger partial charge < -0.3 is 15.2 Å². The van der Waals surface area contributed by atoms with Gasteiger partial charge in [0.1, 0.15) is 11.4 Å². The van der Waals surface area contributed by atoms with Crippen LogP contribution in [0.4, 0.5) is 14.6 Å². The van der Waals surface area contributed by atoms with E-state index >= 15 is 0 Å². The third-order valence-electron chi connectivity index (χ3n) is 4.78. The van der Waals surface area contributed by atoms with Crippen molar-refractivity contribution < 1.29 is 18.6 Å². The van der Waals surface area contributed by atoms with Gasteiger partial charge in [-0.2, -0.15) is 0 Å². The van der Waals surface area contributed by atoms with E-state index in [4.69, 9.17) is 4.74 Å². The second-order valence-corrected chi connectivity index (χ2v) is 6.72. The van der Waals surface area contributed by atoms with Crippen LogP contribution in [0.5, 0.6) is 0 Å². The van der Waals surface area contributed by atoms with Gasteiger partial charge in [0.05, 0.1) is 12.1 Å². The predicted octanol–water partition coefficient (Wildman–Crippen LogP) is 3.80. The van der Waals surface area contributed by atoms with Crippen LogP contribution >= 0.6 is 0 Å². The average molecular weight is 371 g/mol. The van der Waals surface area contributed by atoms with Gasteiger partial charge in [-0.3, -0.25) is 4.98 Å². The number of alkyl halides is 2. The Hall–Kier alpha value is -2.64. The number of fused-ring (bicyclic) bond motifs is 1. The number of pyridine rings is 2. The first-order chi connectivity index (χ1) is 13.1. The van der Waals surface area contributed by atoms with Crippen LogP contribution in [0.3, 0.4) is 0 Å². The fraction of sp³-hybridized carbons (Fsp3) is 0.300. The molecule has 5 nitrogen and oxygen atoms in total. The monoisotopic (exact) mass is 371 g/mol. The summed E-state index contributed by atoms with van der Waals surface area (Å²) in [5.41, 5.74) is 1.33. The fourth-order valence-corrected chi connectivity index (χ4v) is 3.22. The molecular formula is C20H19F2N3O2. The Balaban J connectivity index is 1.67. The zero-order chi connectivity index (χ0) is 18.9. The molecule has 140 valence electrons. The Kier molecular flexibility index (Phi) is 4.72. The largest absolute Gasteiger partial charge is 0.386 e. The Morgan fingerprint density at radius 3 is 2.70 bits per heavy atom. The lowest BCUT2D eigenvalue weighted by molar-refractivity contribution is 0.0381. The molecule has 0 spiro atoms. The Bertz CT molecular complexity index is 942. The number of ether oxygens (including phenoxy) is 1. The van der Waals surface area contributed by atoms with E-state index in [-0.39, 0.29) is 5.56 Å². The van der Waals surface area contributed by atoms with E-state index < -0.39 is 12.0 Å². The van der Waals surface area contributed by atoms with E-state index in [1.165, 1.54) is 12.1 Å². The van der Waals surface area contributed by atoms with Crippen LogP contribution in [0.15, 0.2) is 48.8 Å². The molecule has 1 fully saturated rings. The molecular weight excluding hydrogens is 352 g/mol. The summed E-state index contributed by atoms with van der Waals surface area (Å²) in [4.78, 5) is 8.94. The minimum absolute atomic E-state index is 0.0192. The average Bonchev–Trinajstić information content (AvgIpc) is 3.13. The number of nitrogens with zero attached hydrogens (tertiary/aromatic N) is 2. The number of hydrogen-bond acceptors (Lipinski definition) is 5. The van der Waals surface area contributed by atoms with Gasteiger partial charge in [0.15, 0.2) is 0 Å². The molecule has 3 aromatic rings. The molecule has 0 saturated carbocycles. The van der Waals surface area contributed by atoms with Crippen molar-refractivity contribution in [3.05, 3.63) is 54.4 Å². The van der Waals surface area contributed by atoms with Crippen molar-refractivity contribution in [3.63, 3.8) is 0 Å². The van der Waals surface area contributed by atoms with Crippen LogP contribution in [-0.4, -0.2) is 40.4 Å². The molecule has 3 heterocycles. The predicted molar refractivity (Wildman–Crippen MR) is 98.8 cm³/mol. The summed E-state index contributed by atoms with van der Waals surface area (Å²) in [6.07, 6.45) is 1.43. The molecule has 1 aromatic carbocycles. The molecule has 4 rings (SSSR count). The number of hydrogen-bond donors (Lipinski definition) is 2. The molecule has 1 aliphatic rings. The third kappa shape index (κ3) is 3.61. The van der Waals surface area contributed by atoms with Gasteiger partial charge in [0, 0.05) is 48.5 Å². The lowest BCUT2D eigenvalue weighted by atomic mass is 10.0. The molecule has 0 bridgehead atoms. The van der Waals surface area contributed by atoms with Crippen molar-refractivity contribution in [1.82, 2.24) is 9.97 Å². The first kappa shape index (κ1) is 17.8. The standard InChI is InChI=1S/C20H19F2N3O2/c21-18(22)14-5-3-13(4-6-14)16-10-24-19(15-2-1-8-23-17(15)16)25-11-20(26)7-9-27-12-20/h1-6,8,10,18,26H,7,9,11-12H2,(H,24,25). The van der Waals surface area contributed by atoms with Crippen LogP contribution in [0.1, 0.15) is 18.4 Å². The van der Waals surface area contributed by atoms with Crippen LogP contribution in [0.2, 0.25) is 0 Å². The lowest BCUT2D eigenvalue weighted by Crippen LogP contribution is -2.37. The van der Waals surface area contributed by atoms with Gasteiger partial charge in [-0.1, -0.05) is 24.3 Å². The summed E-state index contributed by atoms with van der Waals surface area (Å²) in [5, 5.41) is 14.4. The molecule has 2 N–H and O–H groups in total. The second-order valence-electron chi connectivity index (χ2n) is 6.72. The number of aromatic nitrogens is 2. The molecule has 1 aliphatic heterocycles. The number of aliphatic hydroxyl groups is 1. The first-order valence-electron chi connectivity index (χ1n) is 8.72. The van der Waals surface area contributed by atoms with Crippen molar-refractivity contribution in [1.29, 1.82) is 0 Å². The van der Waals surface area contributed by atoms with Gasteiger partial charge >= 0.3 is 0 Å². The quantitative estimate of drug-likeness (QED) is 0.714. The second kappa shape index (κ2) is 7.17. The maximum atomic E-state index is 12.8. The minimum atomic E-state index is -2.50. The van der Waals surface area contributed by atoms with Gasteiger partial charge in [0.25, 0.3) is 6.43 Å². The number of rotatable bonds is 5. The first-order valence-corrected chi connectivity index (χ1v) is 8.72. The Labute approximate surface area is 155 Å². The lowest BCUT2D eigenvalue weighted by Gasteiger charge is -2.21. The highest BCUT2D eigenvalue weighted by atomic mass is 19.3. The van der Waals surface area contributed by atoms with Crippen molar-refractivity contribution in [2.24, 2.45) is 0 Å². The molecule has 27 heavy (non-hydrogen) atoms. The minimum Gasteiger partial charge on any atom is -0.386 e. The molecule has 0 radical (unpaired) electrons. The van der Waals surface area contributed by atoms with Crippen molar-refractivity contribution in [2.75, 3.05) is 25.1 Å². The molecule has 1 saturated heterocycles. The van der Waals surface area contributed by atoms with E-state index in [9.17, 15) is 13.9 Å². The van der Waals surface area contributed by atoms with E-state index in [1.807, 2.05) is 12.1 Å². The van der Waals surface area contributed by atoms with Crippen LogP contribution in [0, 0.1) is 0 Å². The number of halogens is 2. The molecule has 1 atom stereocenters. The molecule has 2 aromatic heterocycles. The molecule has 1 unspecified atom stereocenters. The van der Waals surface area contributed by atoms with Crippen LogP contribution < -0.4 is 5.32 Å². The number of nitrogens with one attached hydrogen (secondary N) is 1. The highest BCUT2D eigenvalue weighted by molar-refractivity contribution is 5.99. The van der Waals surface area contributed by atoms with E-state index in [0.29, 0.717) is 32.0 Å². The maximum Gasteiger partial charge on any atom is 0.263 e. The molecule has 7 heteroatoms. The normalized spacial score (nSPS) is 19.7. The van der Waals surface area contributed by atoms with Gasteiger partial charge in [0.2, 0.25) is 0 Å². The van der Waals surface area contributed by atoms with Gasteiger partial charge in [-0.25, -0.2) is 13.8 Å². The summed E-state index contributed by atoms with van der Waals surface area (Å²) in [6, 6.07) is 9.83. The summed E-state index contributed by atoms with van der Waals surface area (Å²) >= 11 is 0. The summed E-state index contributed by atoms with van der Waals surface area (Å²) in [5.74, 6) is 0.617. The summed E-state index contributed by atoms with van der Waals surface area (Å²) in [7, 11) is 0. The Morgan fingerprint density at radius 1 is 1.19 bits per heavy atom. The van der Waals surface area contributed by atoms with E-state index in [2.05, 4.69) is 15.3 Å². The zero-order valence-electron chi connectivity index (χ0n) is 14.5. The highest BCUT2D eigenvalue weighted by Gasteiger charge is 2.32. The SMILES string of the molecule is OC1(CNc2ncc(-c3ccc(C(F)F)cc3)c3ncccc23)CCOC1. The van der Waals surface area contributed by atoms with E-state index in [0.717, 1.165) is 22.0 Å². The Morgan fingerprint density at radius 2 is 2.00 bits per heavy atom. The number of benzene rings is 1. The zero-order valence-corrected chi connectivity index (χ0v) is 14.5. The van der Waals surface area contributed by atoms with Gasteiger partial charge in [-0.05, 0) is 17.7 Å². The maximum absolute atomic E-state index is 12.8. The topological polar surface area (TPSA) is 67.3 Å². The van der Waals surface area contributed by atoms with Crippen LogP contribution in [-0.2, 0) is 4.74 Å². The smallest absolute Gasteiger partial charge is 0.263 e. The molecule has 0 aliphatic carbocycles. The summed E-state index contributed by atoms with van der Waals surface area (Å²) < 4.78 is 30.8. The summed E-state index contributed by atoms with van der Waals surface area (Å²) in [6.45, 7) is 1.17. The van der Waals surface area contributed by atoms with Crippen molar-refractivity contribution >= 4 is 16.7 Å². The fourth-order valence-electron chi connectivity index (χ4n) is 3.22. The van der Waals surface area contributed by atoms with Gasteiger partial charge in [-0.15, -0.1) is 0 Å². The third-order valence-corrected chi connectivity index (χ3v) is 4.78. The highest BCUT2D eigenvalue weighted by Crippen LogP contribution is 2.31. The molecule has 0 amide bonds. The van der Waals surface area contributed by atoms with Crippen LogP contribution in [0.25, 0.3) is 22.0 Å². The van der Waals surface area contributed by atoms with Crippen molar-refractivity contribution in [2.45, 2.75) is 18.4 Å². The van der Waals surface area contributed by atoms with E-state index in [1.54, 1.807) is 24.5 Å². The van der Waals surface area contributed by atoms with Crippen molar-refractivity contribution in [3.8, 4) is 11.1 Å². The number of anilines is 1.